The molecule has 0 aliphatic heterocycles. The third kappa shape index (κ3) is 4.69. The van der Waals surface area contributed by atoms with Crippen LogP contribution in [0.25, 0.3) is 0 Å². The van der Waals surface area contributed by atoms with Crippen LogP contribution in [-0.4, -0.2) is 6.21 Å². The van der Waals surface area contributed by atoms with Gasteiger partial charge in [-0.1, -0.05) is 60.4 Å². The van der Waals surface area contributed by atoms with Crippen LogP contribution < -0.4 is 0 Å². The molecule has 1 aliphatic rings. The summed E-state index contributed by atoms with van der Waals surface area (Å²) in [5.74, 6) is 6.66. The lowest BCUT2D eigenvalue weighted by atomic mass is 9.92. The summed E-state index contributed by atoms with van der Waals surface area (Å²) in [6.45, 7) is 0.740. The third-order valence-electron chi connectivity index (χ3n) is 4.01. The smallest absolute Gasteiger partial charge is 0.0639 e. The van der Waals surface area contributed by atoms with Gasteiger partial charge in [0.1, 0.15) is 0 Å². The van der Waals surface area contributed by atoms with E-state index in [1.54, 1.807) is 0 Å². The minimum atomic E-state index is 0.740. The molecular weight excluding hydrogens is 278 g/mol. The van der Waals surface area contributed by atoms with Crippen LogP contribution in [0.15, 0.2) is 76.8 Å². The molecule has 23 heavy (non-hydrogen) atoms. The van der Waals surface area contributed by atoms with Crippen LogP contribution in [0.3, 0.4) is 0 Å². The van der Waals surface area contributed by atoms with Crippen molar-refractivity contribution in [2.24, 2.45) is 4.99 Å². The van der Waals surface area contributed by atoms with Crippen LogP contribution in [0.2, 0.25) is 0 Å². The molecule has 3 rings (SSSR count). The first-order valence-electron chi connectivity index (χ1n) is 8.25. The number of hydrogen-bond acceptors (Lipinski definition) is 1. The standard InChI is InChI=1S/C22H21N/c1-3-9-19(10-4-1)15-16-21-13-7-8-14-22(21)18-23-17-20-11-5-2-6-12-20/h1-6,9-12,18H,7-8,13-14,17H2. The molecule has 1 heteroatoms. The van der Waals surface area contributed by atoms with Gasteiger partial charge in [-0.25, -0.2) is 0 Å². The molecule has 2 aromatic rings. The van der Waals surface area contributed by atoms with E-state index in [1.165, 1.54) is 29.6 Å². The number of rotatable bonds is 3. The Morgan fingerprint density at radius 2 is 1.52 bits per heavy atom. The zero-order chi connectivity index (χ0) is 15.7. The maximum absolute atomic E-state index is 4.62. The largest absolute Gasteiger partial charge is 0.288 e. The van der Waals surface area contributed by atoms with Gasteiger partial charge in [0.25, 0.3) is 0 Å². The van der Waals surface area contributed by atoms with Crippen molar-refractivity contribution in [2.75, 3.05) is 0 Å². The molecule has 2 aromatic carbocycles. The summed E-state index contributed by atoms with van der Waals surface area (Å²) in [5, 5.41) is 0. The molecule has 1 aliphatic carbocycles. The Bertz CT molecular complexity index is 743. The molecule has 0 amide bonds. The minimum Gasteiger partial charge on any atom is -0.288 e. The lowest BCUT2D eigenvalue weighted by Crippen LogP contribution is -2.00. The van der Waals surface area contributed by atoms with E-state index < -0.39 is 0 Å². The number of allylic oxidation sites excluding steroid dienone is 2. The molecule has 0 bridgehead atoms. The van der Waals surface area contributed by atoms with Crippen LogP contribution >= 0.6 is 0 Å². The van der Waals surface area contributed by atoms with E-state index in [2.05, 4.69) is 53.2 Å². The Kier molecular flexibility index (Phi) is 5.43. The third-order valence-corrected chi connectivity index (χ3v) is 4.01. The molecular formula is C22H21N. The Hall–Kier alpha value is -2.59. The van der Waals surface area contributed by atoms with Crippen molar-refractivity contribution in [2.45, 2.75) is 32.2 Å². The second-order valence-corrected chi connectivity index (χ2v) is 5.78. The molecule has 114 valence electrons. The summed E-state index contributed by atoms with van der Waals surface area (Å²) in [6.07, 6.45) is 6.68. The van der Waals surface area contributed by atoms with E-state index in [-0.39, 0.29) is 0 Å². The van der Waals surface area contributed by atoms with Crippen molar-refractivity contribution in [1.82, 2.24) is 0 Å². The van der Waals surface area contributed by atoms with E-state index in [0.29, 0.717) is 0 Å². The molecule has 0 N–H and O–H groups in total. The SMILES string of the molecule is C(#Cc1ccccc1)C1=C(C=NCc2ccccc2)CCCC1. The Morgan fingerprint density at radius 1 is 0.826 bits per heavy atom. The summed E-state index contributed by atoms with van der Waals surface area (Å²) in [5.41, 5.74) is 4.90. The summed E-state index contributed by atoms with van der Waals surface area (Å²) >= 11 is 0. The van der Waals surface area contributed by atoms with Crippen molar-refractivity contribution in [3.8, 4) is 11.8 Å². The van der Waals surface area contributed by atoms with Crippen LogP contribution in [-0.2, 0) is 6.54 Å². The highest BCUT2D eigenvalue weighted by molar-refractivity contribution is 5.81. The highest BCUT2D eigenvalue weighted by atomic mass is 14.7. The van der Waals surface area contributed by atoms with Crippen molar-refractivity contribution >= 4 is 6.21 Å². The fourth-order valence-electron chi connectivity index (χ4n) is 2.73. The lowest BCUT2D eigenvalue weighted by molar-refractivity contribution is 0.703. The van der Waals surface area contributed by atoms with Gasteiger partial charge in [-0.3, -0.25) is 4.99 Å². The Morgan fingerprint density at radius 3 is 2.30 bits per heavy atom. The zero-order valence-corrected chi connectivity index (χ0v) is 13.3. The second-order valence-electron chi connectivity index (χ2n) is 5.78. The van der Waals surface area contributed by atoms with Crippen molar-refractivity contribution in [3.05, 3.63) is 82.9 Å². The average molecular weight is 299 g/mol. The van der Waals surface area contributed by atoms with E-state index in [9.17, 15) is 0 Å². The summed E-state index contributed by atoms with van der Waals surface area (Å²) in [7, 11) is 0. The van der Waals surface area contributed by atoms with Crippen molar-refractivity contribution in [1.29, 1.82) is 0 Å². The molecule has 0 aromatic heterocycles. The number of benzene rings is 2. The van der Waals surface area contributed by atoms with E-state index in [1.807, 2.05) is 30.5 Å². The van der Waals surface area contributed by atoms with Crippen LogP contribution in [0.1, 0.15) is 36.8 Å². The van der Waals surface area contributed by atoms with E-state index in [4.69, 9.17) is 0 Å². The molecule has 0 spiro atoms. The highest BCUT2D eigenvalue weighted by Crippen LogP contribution is 2.23. The van der Waals surface area contributed by atoms with Gasteiger partial charge in [-0.05, 0) is 49.0 Å². The van der Waals surface area contributed by atoms with Crippen LogP contribution in [0, 0.1) is 11.8 Å². The van der Waals surface area contributed by atoms with E-state index in [0.717, 1.165) is 24.9 Å². The maximum atomic E-state index is 4.62. The van der Waals surface area contributed by atoms with Gasteiger partial charge < -0.3 is 0 Å². The van der Waals surface area contributed by atoms with Crippen molar-refractivity contribution in [3.63, 3.8) is 0 Å². The van der Waals surface area contributed by atoms with E-state index >= 15 is 0 Å². The van der Waals surface area contributed by atoms with Gasteiger partial charge in [0.2, 0.25) is 0 Å². The maximum Gasteiger partial charge on any atom is 0.0639 e. The topological polar surface area (TPSA) is 12.4 Å². The van der Waals surface area contributed by atoms with Crippen molar-refractivity contribution < 1.29 is 0 Å². The predicted molar refractivity (Wildman–Crippen MR) is 97.5 cm³/mol. The monoisotopic (exact) mass is 299 g/mol. The molecule has 0 fully saturated rings. The number of aliphatic imine (C=N–C) groups is 1. The van der Waals surface area contributed by atoms with Gasteiger partial charge in [0, 0.05) is 17.4 Å². The van der Waals surface area contributed by atoms with Gasteiger partial charge in [0.05, 0.1) is 6.54 Å². The zero-order valence-electron chi connectivity index (χ0n) is 13.3. The lowest BCUT2D eigenvalue weighted by Gasteiger charge is -2.13. The fourth-order valence-corrected chi connectivity index (χ4v) is 2.73. The Labute approximate surface area is 138 Å². The normalized spacial score (nSPS) is 14.6. The average Bonchev–Trinajstić information content (AvgIpc) is 2.63. The first-order chi connectivity index (χ1) is 11.4. The number of hydrogen-bond donors (Lipinski definition) is 0. The van der Waals surface area contributed by atoms with Crippen LogP contribution in [0.5, 0.6) is 0 Å². The summed E-state index contributed by atoms with van der Waals surface area (Å²) < 4.78 is 0. The van der Waals surface area contributed by atoms with Gasteiger partial charge in [-0.15, -0.1) is 0 Å². The summed E-state index contributed by atoms with van der Waals surface area (Å²) in [4.78, 5) is 4.62. The van der Waals surface area contributed by atoms with Gasteiger partial charge in [-0.2, -0.15) is 0 Å². The molecule has 0 radical (unpaired) electrons. The van der Waals surface area contributed by atoms with Crippen LogP contribution in [0.4, 0.5) is 0 Å². The highest BCUT2D eigenvalue weighted by Gasteiger charge is 2.09. The Balaban J connectivity index is 1.74. The second kappa shape index (κ2) is 8.15. The molecule has 0 saturated carbocycles. The quantitative estimate of drug-likeness (QED) is 0.547. The predicted octanol–water partition coefficient (Wildman–Crippen LogP) is 5.18. The molecule has 0 heterocycles. The first kappa shape index (κ1) is 15.3. The number of nitrogens with zero attached hydrogens (tertiary/aromatic N) is 1. The molecule has 0 unspecified atom stereocenters. The van der Waals surface area contributed by atoms with Gasteiger partial charge in [0.15, 0.2) is 0 Å². The van der Waals surface area contributed by atoms with Gasteiger partial charge >= 0.3 is 0 Å². The summed E-state index contributed by atoms with van der Waals surface area (Å²) in [6, 6.07) is 20.6. The molecule has 0 saturated heterocycles. The first-order valence-corrected chi connectivity index (χ1v) is 8.25. The molecule has 0 atom stereocenters. The minimum absolute atomic E-state index is 0.740. The fraction of sp³-hybridized carbons (Fsp3) is 0.227. The molecule has 1 nitrogen and oxygen atoms in total.